The minimum absolute atomic E-state index is 0.510. The van der Waals surface area contributed by atoms with Crippen LogP contribution in [0.4, 0.5) is 0 Å². The first-order valence-electron chi connectivity index (χ1n) is 19.2. The van der Waals surface area contributed by atoms with E-state index in [4.69, 9.17) is 17.0 Å². The van der Waals surface area contributed by atoms with E-state index in [1.54, 1.807) is 5.56 Å². The zero-order valence-electron chi connectivity index (χ0n) is 31.6. The molecule has 0 amide bonds. The third-order valence-corrected chi connectivity index (χ3v) is 12.0. The average Bonchev–Trinajstić information content (AvgIpc) is 3.72. The molecular formula is C46H58Cl2SiZr. The molecule has 0 aliphatic heterocycles. The van der Waals surface area contributed by atoms with Crippen molar-refractivity contribution in [1.29, 1.82) is 0 Å². The second-order valence-corrected chi connectivity index (χ2v) is 20.6. The maximum absolute atomic E-state index is 4.93. The van der Waals surface area contributed by atoms with Crippen LogP contribution in [0.25, 0.3) is 32.7 Å². The molecule has 0 N–H and O–H groups in total. The zero-order valence-corrected chi connectivity index (χ0v) is 36.6. The first-order chi connectivity index (χ1) is 24.2. The molecular weight excluding hydrogens is 743 g/mol. The van der Waals surface area contributed by atoms with Crippen LogP contribution in [0.15, 0.2) is 84.9 Å². The summed E-state index contributed by atoms with van der Waals surface area (Å²) < 4.78 is 0. The van der Waals surface area contributed by atoms with Crippen LogP contribution in [-0.2, 0) is 26.3 Å². The summed E-state index contributed by atoms with van der Waals surface area (Å²) in [5.74, 6) is 4.39. The molecule has 5 aromatic rings. The van der Waals surface area contributed by atoms with E-state index in [2.05, 4.69) is 133 Å². The van der Waals surface area contributed by atoms with E-state index >= 15 is 0 Å². The molecule has 4 fully saturated rings. The maximum atomic E-state index is 4.93. The Balaban J connectivity index is 0.000000177. The molecule has 2 radical (unpaired) electrons. The van der Waals surface area contributed by atoms with Crippen molar-refractivity contribution in [3.05, 3.63) is 107 Å². The first-order valence-corrected chi connectivity index (χ1v) is 27.5. The van der Waals surface area contributed by atoms with Gasteiger partial charge in [-0.2, -0.15) is 12.1 Å². The van der Waals surface area contributed by atoms with Gasteiger partial charge in [0.05, 0.1) is 0 Å². The predicted octanol–water partition coefficient (Wildman–Crippen LogP) is 15.1. The normalized spacial score (nSPS) is 22.8. The molecule has 0 aromatic heterocycles. The number of fused-ring (bicyclic) bond motifs is 2. The Kier molecular flexibility index (Phi) is 14.7. The Morgan fingerprint density at radius 3 is 1.90 bits per heavy atom. The molecule has 4 aliphatic rings. The van der Waals surface area contributed by atoms with Gasteiger partial charge in [-0.15, -0.1) is 69.1 Å². The van der Waals surface area contributed by atoms with E-state index in [1.807, 2.05) is 0 Å². The van der Waals surface area contributed by atoms with E-state index in [-0.39, 0.29) is 0 Å². The SMILES string of the molecule is CCCC(C)c1cc2c(C(C)CC)cccc2[cH-]1.C[Si]C.Cc1cc2c(-c3ccc(C45CC6CC(CC(C6)C4)C5)cc3)cccc2[cH-]1.[Cl][Zr+2][Cl]. The van der Waals surface area contributed by atoms with E-state index in [1.165, 1.54) is 107 Å². The van der Waals surface area contributed by atoms with Gasteiger partial charge in [0.15, 0.2) is 0 Å². The molecule has 0 spiro atoms. The number of rotatable bonds is 7. The third-order valence-electron chi connectivity index (χ3n) is 12.0. The molecule has 0 nitrogen and oxygen atoms in total. The topological polar surface area (TPSA) is 0 Å². The van der Waals surface area contributed by atoms with E-state index in [0.717, 1.165) is 27.3 Å². The van der Waals surface area contributed by atoms with Crippen LogP contribution >= 0.6 is 17.0 Å². The van der Waals surface area contributed by atoms with Gasteiger partial charge in [0.25, 0.3) is 0 Å². The second kappa shape index (κ2) is 18.5. The summed E-state index contributed by atoms with van der Waals surface area (Å²) in [6, 6.07) is 32.6. The van der Waals surface area contributed by atoms with Gasteiger partial charge in [-0.1, -0.05) is 108 Å². The number of benzene rings is 3. The Labute approximate surface area is 325 Å². The molecule has 2 atom stereocenters. The summed E-state index contributed by atoms with van der Waals surface area (Å²) in [4.78, 5) is 0. The molecule has 50 heavy (non-hydrogen) atoms. The van der Waals surface area contributed by atoms with Crippen molar-refractivity contribution < 1.29 is 20.8 Å². The van der Waals surface area contributed by atoms with Gasteiger partial charge < -0.3 is 0 Å². The quantitative estimate of drug-likeness (QED) is 0.114. The summed E-state index contributed by atoms with van der Waals surface area (Å²) in [7, 11) is 11.0. The van der Waals surface area contributed by atoms with Crippen molar-refractivity contribution in [3.63, 3.8) is 0 Å². The van der Waals surface area contributed by atoms with Crippen LogP contribution in [0, 0.1) is 24.7 Å². The first kappa shape index (κ1) is 39.8. The van der Waals surface area contributed by atoms with Crippen molar-refractivity contribution in [3.8, 4) is 11.1 Å². The van der Waals surface area contributed by atoms with Crippen molar-refractivity contribution in [2.75, 3.05) is 0 Å². The van der Waals surface area contributed by atoms with Crippen LogP contribution in [0.3, 0.4) is 0 Å². The molecule has 0 saturated heterocycles. The van der Waals surface area contributed by atoms with Crippen LogP contribution < -0.4 is 0 Å². The van der Waals surface area contributed by atoms with Crippen molar-refractivity contribution in [2.24, 2.45) is 17.8 Å². The molecule has 4 saturated carbocycles. The molecule has 0 heterocycles. The zero-order chi connectivity index (χ0) is 35.8. The fraction of sp³-hybridized carbons (Fsp3) is 0.478. The van der Waals surface area contributed by atoms with Crippen LogP contribution in [0.1, 0.15) is 120 Å². The molecule has 2 unspecified atom stereocenters. The van der Waals surface area contributed by atoms with Crippen LogP contribution in [0.5, 0.6) is 0 Å². The van der Waals surface area contributed by atoms with E-state index in [0.29, 0.717) is 17.3 Å². The average molecular weight is 801 g/mol. The Bertz CT molecular complexity index is 1740. The van der Waals surface area contributed by atoms with Crippen molar-refractivity contribution >= 4 is 48.1 Å². The minimum atomic E-state index is -0.826. The molecule has 9 rings (SSSR count). The van der Waals surface area contributed by atoms with Gasteiger partial charge in [0.1, 0.15) is 0 Å². The number of hydrogen-bond acceptors (Lipinski definition) is 0. The molecule has 4 aliphatic carbocycles. The molecule has 4 heteroatoms. The fourth-order valence-corrected chi connectivity index (χ4v) is 9.92. The molecule has 5 aromatic carbocycles. The van der Waals surface area contributed by atoms with Gasteiger partial charge in [0.2, 0.25) is 0 Å². The van der Waals surface area contributed by atoms with Crippen LogP contribution in [0.2, 0.25) is 13.1 Å². The summed E-state index contributed by atoms with van der Waals surface area (Å²) in [6.07, 6.45) is 12.7. The van der Waals surface area contributed by atoms with Gasteiger partial charge in [-0.3, -0.25) is 0 Å². The molecule has 4 bridgehead atoms. The monoisotopic (exact) mass is 798 g/mol. The number of aryl methyl sites for hydroxylation is 1. The van der Waals surface area contributed by atoms with E-state index < -0.39 is 20.8 Å². The summed E-state index contributed by atoms with van der Waals surface area (Å²) >= 11 is -0.826. The summed E-state index contributed by atoms with van der Waals surface area (Å²) in [6.45, 7) is 15.7. The Hall–Kier alpha value is -1.44. The van der Waals surface area contributed by atoms with Gasteiger partial charge in [-0.05, 0) is 91.1 Å². The fourth-order valence-electron chi connectivity index (χ4n) is 9.92. The standard InChI is InChI=1S/C26H27.C18H25.C2H6Si.2ClH.Zr/c1-17-9-22-3-2-4-24(25(22)10-17)21-5-7-23(8-6-21)26-14-18-11-19(15-26)13-20(12-18)16-26;1-5-8-14(4)16-11-15-9-7-10-17(13(3)6-2)18(15)12-16;1-3-2;;;/h2-10,18-20H,11-16H2,1H3;7,9-14H,5-6,8H2,1-4H3;1-2H3;2*1H;/q2*-1;;;;+4/p-2. The number of hydrogen-bond donors (Lipinski definition) is 0. The molecule has 264 valence electrons. The predicted molar refractivity (Wildman–Crippen MR) is 220 cm³/mol. The third kappa shape index (κ3) is 9.19. The van der Waals surface area contributed by atoms with Crippen LogP contribution in [-0.4, -0.2) is 9.52 Å². The number of halogens is 2. The van der Waals surface area contributed by atoms with Gasteiger partial charge in [-0.25, -0.2) is 0 Å². The summed E-state index contributed by atoms with van der Waals surface area (Å²) in [5, 5.41) is 5.66. The Morgan fingerprint density at radius 2 is 1.34 bits per heavy atom. The van der Waals surface area contributed by atoms with Gasteiger partial charge in [0, 0.05) is 9.52 Å². The second-order valence-electron chi connectivity index (χ2n) is 15.8. The van der Waals surface area contributed by atoms with E-state index in [9.17, 15) is 0 Å². The summed E-state index contributed by atoms with van der Waals surface area (Å²) in [5.41, 5.74) is 9.29. The van der Waals surface area contributed by atoms with Crippen molar-refractivity contribution in [2.45, 2.75) is 123 Å². The van der Waals surface area contributed by atoms with Gasteiger partial charge >= 0.3 is 37.9 Å². The Morgan fingerprint density at radius 1 is 0.780 bits per heavy atom. The van der Waals surface area contributed by atoms with Crippen molar-refractivity contribution in [1.82, 2.24) is 0 Å².